The van der Waals surface area contributed by atoms with Gasteiger partial charge in [-0.25, -0.2) is 0 Å². The molecule has 3 heteroatoms. The first-order chi connectivity index (χ1) is 22.0. The summed E-state index contributed by atoms with van der Waals surface area (Å²) in [6.45, 7) is 13.8. The second-order valence-corrected chi connectivity index (χ2v) is 16.4. The Morgan fingerprint density at radius 1 is 0.622 bits per heavy atom. The molecule has 1 heterocycles. The van der Waals surface area contributed by atoms with Crippen LogP contribution in [0.1, 0.15) is 72.8 Å². The Labute approximate surface area is 279 Å². The van der Waals surface area contributed by atoms with Crippen molar-refractivity contribution < 1.29 is 4.74 Å². The Balaban J connectivity index is 0.000000196. The highest BCUT2D eigenvalue weighted by atomic mass is 32.2. The van der Waals surface area contributed by atoms with Crippen molar-refractivity contribution in [2.24, 2.45) is 0 Å². The molecule has 0 aromatic heterocycles. The number of ether oxygens (including phenoxy) is 1. The molecule has 5 aromatic rings. The first kappa shape index (κ1) is 34.7. The van der Waals surface area contributed by atoms with Gasteiger partial charge in [0.15, 0.2) is 19.6 Å². The van der Waals surface area contributed by atoms with Gasteiger partial charge in [0, 0.05) is 21.7 Å². The standard InChI is InChI=1S/C22H23S.C18H23OS.C2H6/c1-22(2,3)18-14-16-21(17-15-18)23(19-10-6-4-7-11-19)20-12-8-5-9-13-20;1-2-3-12-19-17-10-11-18(20-13-6-7-14-20)16-9-5-4-8-15(16)17;1-2/h4-17H,1-3H3;4-5,8-11H,2-3,6-7,12-14H2,1H3;1-2H3/q2*+1;. The van der Waals surface area contributed by atoms with Gasteiger partial charge in [-0.05, 0) is 84.8 Å². The molecule has 1 saturated heterocycles. The Morgan fingerprint density at radius 3 is 1.67 bits per heavy atom. The van der Waals surface area contributed by atoms with E-state index < -0.39 is 0 Å². The van der Waals surface area contributed by atoms with Crippen molar-refractivity contribution in [3.05, 3.63) is 127 Å². The molecule has 0 unspecified atom stereocenters. The fourth-order valence-corrected chi connectivity index (χ4v) is 10.0. The maximum atomic E-state index is 5.98. The van der Waals surface area contributed by atoms with Gasteiger partial charge in [0.05, 0.1) is 17.5 Å². The Kier molecular flexibility index (Phi) is 13.5. The molecule has 6 rings (SSSR count). The van der Waals surface area contributed by atoms with Crippen LogP contribution in [-0.2, 0) is 27.2 Å². The largest absolute Gasteiger partial charge is 0.493 e. The molecule has 0 amide bonds. The van der Waals surface area contributed by atoms with E-state index in [2.05, 4.69) is 149 Å². The lowest BCUT2D eigenvalue weighted by Crippen LogP contribution is -2.11. The summed E-state index contributed by atoms with van der Waals surface area (Å²) in [7, 11) is 0.414. The van der Waals surface area contributed by atoms with E-state index in [9.17, 15) is 0 Å². The molecule has 5 aromatic carbocycles. The van der Waals surface area contributed by atoms with E-state index in [0.717, 1.165) is 18.8 Å². The number of unbranched alkanes of at least 4 members (excludes halogenated alkanes) is 1. The van der Waals surface area contributed by atoms with E-state index in [1.165, 1.54) is 61.8 Å². The molecule has 1 aliphatic heterocycles. The van der Waals surface area contributed by atoms with Crippen molar-refractivity contribution in [1.82, 2.24) is 0 Å². The average molecular weight is 637 g/mol. The van der Waals surface area contributed by atoms with Crippen LogP contribution in [-0.4, -0.2) is 18.1 Å². The van der Waals surface area contributed by atoms with E-state index in [1.807, 2.05) is 13.8 Å². The zero-order valence-electron chi connectivity index (χ0n) is 28.2. The highest BCUT2D eigenvalue weighted by Crippen LogP contribution is 2.35. The molecule has 0 spiro atoms. The van der Waals surface area contributed by atoms with Gasteiger partial charge in [-0.1, -0.05) is 115 Å². The maximum absolute atomic E-state index is 5.98. The number of benzene rings is 5. The molecule has 0 radical (unpaired) electrons. The summed E-state index contributed by atoms with van der Waals surface area (Å²) in [5, 5.41) is 2.70. The molecule has 1 aliphatic rings. The van der Waals surface area contributed by atoms with Crippen molar-refractivity contribution in [3.8, 4) is 5.75 Å². The summed E-state index contributed by atoms with van der Waals surface area (Å²) < 4.78 is 5.98. The first-order valence-corrected chi connectivity index (χ1v) is 19.5. The van der Waals surface area contributed by atoms with Gasteiger partial charge in [-0.15, -0.1) is 0 Å². The maximum Gasteiger partial charge on any atom is 0.166 e. The number of hydrogen-bond donors (Lipinski definition) is 0. The summed E-state index contributed by atoms with van der Waals surface area (Å²) in [6.07, 6.45) is 5.10. The molecule has 0 saturated carbocycles. The van der Waals surface area contributed by atoms with Crippen LogP contribution in [0.5, 0.6) is 5.75 Å². The zero-order valence-corrected chi connectivity index (χ0v) is 29.9. The lowest BCUT2D eigenvalue weighted by Gasteiger charge is -2.19. The van der Waals surface area contributed by atoms with Gasteiger partial charge < -0.3 is 4.74 Å². The molecule has 0 bridgehead atoms. The van der Waals surface area contributed by atoms with Gasteiger partial charge in [-0.2, -0.15) is 0 Å². The molecule has 0 N–H and O–H groups in total. The number of fused-ring (bicyclic) bond motifs is 1. The average Bonchev–Trinajstić information content (AvgIpc) is 3.62. The van der Waals surface area contributed by atoms with Crippen LogP contribution in [0.25, 0.3) is 10.8 Å². The predicted molar refractivity (Wildman–Crippen MR) is 200 cm³/mol. The third kappa shape index (κ3) is 9.44. The monoisotopic (exact) mass is 636 g/mol. The van der Waals surface area contributed by atoms with E-state index >= 15 is 0 Å². The van der Waals surface area contributed by atoms with Gasteiger partial charge in [-0.3, -0.25) is 0 Å². The molecule has 1 fully saturated rings. The van der Waals surface area contributed by atoms with Crippen LogP contribution < -0.4 is 4.74 Å². The predicted octanol–water partition coefficient (Wildman–Crippen LogP) is 11.9. The minimum absolute atomic E-state index is 0.0497. The number of rotatable bonds is 8. The second kappa shape index (κ2) is 17.5. The smallest absolute Gasteiger partial charge is 0.166 e. The lowest BCUT2D eigenvalue weighted by molar-refractivity contribution is 0.313. The van der Waals surface area contributed by atoms with Gasteiger partial charge >= 0.3 is 0 Å². The van der Waals surface area contributed by atoms with Crippen LogP contribution in [0.4, 0.5) is 0 Å². The molecule has 45 heavy (non-hydrogen) atoms. The van der Waals surface area contributed by atoms with Crippen LogP contribution in [0.15, 0.2) is 141 Å². The molecular weight excluding hydrogens is 585 g/mol. The Hall–Kier alpha value is -3.14. The van der Waals surface area contributed by atoms with Crippen LogP contribution >= 0.6 is 0 Å². The molecular formula is C42H52OS2+2. The van der Waals surface area contributed by atoms with Crippen molar-refractivity contribution in [3.63, 3.8) is 0 Å². The minimum Gasteiger partial charge on any atom is -0.493 e. The minimum atomic E-state index is -0.0497. The third-order valence-electron chi connectivity index (χ3n) is 7.86. The topological polar surface area (TPSA) is 9.23 Å². The zero-order chi connectivity index (χ0) is 32.1. The second-order valence-electron chi connectivity index (χ2n) is 12.1. The highest BCUT2D eigenvalue weighted by Gasteiger charge is 2.30. The van der Waals surface area contributed by atoms with Crippen molar-refractivity contribution in [2.75, 3.05) is 18.1 Å². The third-order valence-corrected chi connectivity index (χ3v) is 12.6. The Bertz CT molecular complexity index is 1510. The fourth-order valence-electron chi connectivity index (χ4n) is 5.43. The Morgan fingerprint density at radius 2 is 1.13 bits per heavy atom. The van der Waals surface area contributed by atoms with Gasteiger partial charge in [0.1, 0.15) is 17.3 Å². The number of hydrogen-bond acceptors (Lipinski definition) is 1. The van der Waals surface area contributed by atoms with Crippen LogP contribution in [0.2, 0.25) is 0 Å². The normalized spacial score (nSPS) is 13.1. The summed E-state index contributed by atoms with van der Waals surface area (Å²) in [4.78, 5) is 5.65. The highest BCUT2D eigenvalue weighted by molar-refractivity contribution is 7.97. The van der Waals surface area contributed by atoms with Crippen LogP contribution in [0.3, 0.4) is 0 Å². The SMILES string of the molecule is CC.CC(C)(C)c1ccc([S+](c2ccccc2)c2ccccc2)cc1.CCCCOc1ccc([S+]2CCCC2)c2ccccc12. The first-order valence-electron chi connectivity index (χ1n) is 16.7. The van der Waals surface area contributed by atoms with Crippen molar-refractivity contribution in [1.29, 1.82) is 0 Å². The van der Waals surface area contributed by atoms with Gasteiger partial charge in [0.2, 0.25) is 0 Å². The summed E-state index contributed by atoms with van der Waals surface area (Å²) >= 11 is 0. The summed E-state index contributed by atoms with van der Waals surface area (Å²) in [5.74, 6) is 3.81. The van der Waals surface area contributed by atoms with Gasteiger partial charge in [0.25, 0.3) is 0 Å². The summed E-state index contributed by atoms with van der Waals surface area (Å²) in [5.41, 5.74) is 1.57. The molecule has 236 valence electrons. The quantitative estimate of drug-likeness (QED) is 0.122. The molecule has 0 aliphatic carbocycles. The lowest BCUT2D eigenvalue weighted by atomic mass is 9.87. The van der Waals surface area contributed by atoms with Crippen LogP contribution in [0, 0.1) is 0 Å². The van der Waals surface area contributed by atoms with Crippen molar-refractivity contribution >= 4 is 32.6 Å². The summed E-state index contributed by atoms with van der Waals surface area (Å²) in [6, 6.07) is 44.0. The molecule has 1 nitrogen and oxygen atoms in total. The van der Waals surface area contributed by atoms with E-state index in [1.54, 1.807) is 4.90 Å². The molecule has 0 atom stereocenters. The van der Waals surface area contributed by atoms with E-state index in [4.69, 9.17) is 4.74 Å². The fraction of sp³-hybridized carbons (Fsp3) is 0.333. The van der Waals surface area contributed by atoms with Crippen molar-refractivity contribution in [2.45, 2.75) is 92.2 Å². The van der Waals surface area contributed by atoms with E-state index in [0.29, 0.717) is 10.9 Å². The van der Waals surface area contributed by atoms with E-state index in [-0.39, 0.29) is 16.3 Å².